The van der Waals surface area contributed by atoms with Crippen LogP contribution in [0.15, 0.2) is 30.3 Å². The number of likely N-dealkylation sites (N-methyl/N-ethyl adjacent to an activating group) is 2. The fraction of sp³-hybridized carbons (Fsp3) is 0.650. The standard InChI is InChI=1S/C20H32N2O2/c1-4-22(5-2)16-15-21(3)18-13-9-10-14-19(18)24-20(23)17-11-7-6-8-12-17/h6-8,11-12,18-19H,4-5,9-10,13-16H2,1-3H3/t18-,19-/m1/s1. The third kappa shape index (κ3) is 5.32. The fourth-order valence-corrected chi connectivity index (χ4v) is 3.50. The van der Waals surface area contributed by atoms with Gasteiger partial charge in [-0.25, -0.2) is 4.79 Å². The molecule has 2 rings (SSSR count). The average molecular weight is 332 g/mol. The van der Waals surface area contributed by atoms with E-state index in [1.165, 1.54) is 6.42 Å². The first-order valence-corrected chi connectivity index (χ1v) is 9.34. The maximum absolute atomic E-state index is 12.4. The first kappa shape index (κ1) is 18.9. The van der Waals surface area contributed by atoms with Crippen molar-refractivity contribution in [2.75, 3.05) is 33.2 Å². The quantitative estimate of drug-likeness (QED) is 0.683. The van der Waals surface area contributed by atoms with Crippen LogP contribution in [0.3, 0.4) is 0 Å². The van der Waals surface area contributed by atoms with Crippen molar-refractivity contribution in [3.8, 4) is 0 Å². The summed E-state index contributed by atoms with van der Waals surface area (Å²) in [6, 6.07) is 9.66. The van der Waals surface area contributed by atoms with Crippen LogP contribution in [-0.4, -0.2) is 61.1 Å². The Kier molecular flexibility index (Phi) is 7.73. The molecule has 0 aromatic heterocycles. The molecule has 134 valence electrons. The van der Waals surface area contributed by atoms with Crippen LogP contribution in [0.2, 0.25) is 0 Å². The minimum absolute atomic E-state index is 0.00755. The van der Waals surface area contributed by atoms with Gasteiger partial charge < -0.3 is 9.64 Å². The second-order valence-electron chi connectivity index (χ2n) is 6.67. The van der Waals surface area contributed by atoms with E-state index in [0.717, 1.165) is 45.4 Å². The Bertz CT molecular complexity index is 488. The van der Waals surface area contributed by atoms with Gasteiger partial charge in [0.15, 0.2) is 0 Å². The molecule has 1 aromatic carbocycles. The number of carbonyl (C=O) groups excluding carboxylic acids is 1. The van der Waals surface area contributed by atoms with E-state index in [4.69, 9.17) is 4.74 Å². The molecule has 2 atom stereocenters. The number of hydrogen-bond acceptors (Lipinski definition) is 4. The molecule has 4 heteroatoms. The molecule has 0 bridgehead atoms. The van der Waals surface area contributed by atoms with Crippen molar-refractivity contribution >= 4 is 5.97 Å². The molecule has 0 radical (unpaired) electrons. The molecule has 0 aliphatic heterocycles. The third-order valence-electron chi connectivity index (χ3n) is 5.17. The second-order valence-corrected chi connectivity index (χ2v) is 6.67. The molecule has 0 amide bonds. The van der Waals surface area contributed by atoms with Crippen molar-refractivity contribution in [1.82, 2.24) is 9.80 Å². The summed E-state index contributed by atoms with van der Waals surface area (Å²) < 4.78 is 5.88. The third-order valence-corrected chi connectivity index (χ3v) is 5.17. The van der Waals surface area contributed by atoms with Gasteiger partial charge in [-0.1, -0.05) is 38.5 Å². The van der Waals surface area contributed by atoms with Gasteiger partial charge in [-0.3, -0.25) is 4.90 Å². The van der Waals surface area contributed by atoms with Crippen LogP contribution in [0.5, 0.6) is 0 Å². The predicted octanol–water partition coefficient (Wildman–Crippen LogP) is 3.43. The van der Waals surface area contributed by atoms with Gasteiger partial charge >= 0.3 is 5.97 Å². The molecular weight excluding hydrogens is 300 g/mol. The van der Waals surface area contributed by atoms with E-state index in [1.807, 2.05) is 30.3 Å². The molecule has 1 aliphatic rings. The monoisotopic (exact) mass is 332 g/mol. The summed E-state index contributed by atoms with van der Waals surface area (Å²) in [4.78, 5) is 17.2. The molecule has 0 heterocycles. The van der Waals surface area contributed by atoms with Crippen molar-refractivity contribution in [1.29, 1.82) is 0 Å². The highest BCUT2D eigenvalue weighted by Gasteiger charge is 2.31. The Balaban J connectivity index is 1.93. The molecule has 0 spiro atoms. The van der Waals surface area contributed by atoms with Crippen molar-refractivity contribution in [3.05, 3.63) is 35.9 Å². The Hall–Kier alpha value is -1.39. The maximum Gasteiger partial charge on any atom is 0.338 e. The molecule has 0 unspecified atom stereocenters. The van der Waals surface area contributed by atoms with Gasteiger partial charge in [-0.15, -0.1) is 0 Å². The van der Waals surface area contributed by atoms with Crippen molar-refractivity contribution < 1.29 is 9.53 Å². The number of rotatable bonds is 8. The normalized spacial score (nSPS) is 21.2. The average Bonchev–Trinajstić information content (AvgIpc) is 2.63. The summed E-state index contributed by atoms with van der Waals surface area (Å²) in [5.41, 5.74) is 0.646. The summed E-state index contributed by atoms with van der Waals surface area (Å²) >= 11 is 0. The summed E-state index contributed by atoms with van der Waals surface area (Å²) in [6.45, 7) is 8.66. The first-order chi connectivity index (χ1) is 11.7. The van der Waals surface area contributed by atoms with Crippen LogP contribution in [0.1, 0.15) is 49.9 Å². The smallest absolute Gasteiger partial charge is 0.338 e. The topological polar surface area (TPSA) is 32.8 Å². The second kappa shape index (κ2) is 9.80. The lowest BCUT2D eigenvalue weighted by molar-refractivity contribution is -0.0132. The summed E-state index contributed by atoms with van der Waals surface area (Å²) in [6.07, 6.45) is 4.46. The number of carbonyl (C=O) groups is 1. The van der Waals surface area contributed by atoms with Gasteiger partial charge in [-0.05, 0) is 51.5 Å². The number of hydrogen-bond donors (Lipinski definition) is 0. The van der Waals surface area contributed by atoms with Gasteiger partial charge in [0.05, 0.1) is 5.56 Å². The van der Waals surface area contributed by atoms with Crippen LogP contribution in [0.25, 0.3) is 0 Å². The van der Waals surface area contributed by atoms with E-state index in [1.54, 1.807) is 0 Å². The fourth-order valence-electron chi connectivity index (χ4n) is 3.50. The predicted molar refractivity (Wildman–Crippen MR) is 98.3 cm³/mol. The van der Waals surface area contributed by atoms with Crippen molar-refractivity contribution in [2.24, 2.45) is 0 Å². The lowest BCUT2D eigenvalue weighted by Crippen LogP contribution is -2.47. The number of ether oxygens (including phenoxy) is 1. The molecule has 0 saturated heterocycles. The first-order valence-electron chi connectivity index (χ1n) is 9.34. The Morgan fingerprint density at radius 1 is 1.08 bits per heavy atom. The molecule has 24 heavy (non-hydrogen) atoms. The highest BCUT2D eigenvalue weighted by Crippen LogP contribution is 2.25. The molecule has 1 saturated carbocycles. The molecule has 1 aromatic rings. The van der Waals surface area contributed by atoms with Gasteiger partial charge in [0, 0.05) is 19.1 Å². The number of benzene rings is 1. The molecule has 1 fully saturated rings. The molecule has 1 aliphatic carbocycles. The van der Waals surface area contributed by atoms with Crippen LogP contribution < -0.4 is 0 Å². The maximum atomic E-state index is 12.4. The number of nitrogens with zero attached hydrogens (tertiary/aromatic N) is 2. The summed E-state index contributed by atoms with van der Waals surface area (Å²) in [7, 11) is 2.17. The van der Waals surface area contributed by atoms with E-state index in [0.29, 0.717) is 11.6 Å². The Labute approximate surface area is 146 Å². The van der Waals surface area contributed by atoms with Crippen LogP contribution >= 0.6 is 0 Å². The molecule has 0 N–H and O–H groups in total. The van der Waals surface area contributed by atoms with Crippen molar-refractivity contribution in [3.63, 3.8) is 0 Å². The summed E-state index contributed by atoms with van der Waals surface area (Å²) in [5.74, 6) is -0.190. The van der Waals surface area contributed by atoms with Gasteiger partial charge in [-0.2, -0.15) is 0 Å². The van der Waals surface area contributed by atoms with Crippen LogP contribution in [0.4, 0.5) is 0 Å². The van der Waals surface area contributed by atoms with Gasteiger partial charge in [0.2, 0.25) is 0 Å². The van der Waals surface area contributed by atoms with E-state index >= 15 is 0 Å². The molecular formula is C20H32N2O2. The Morgan fingerprint density at radius 2 is 1.75 bits per heavy atom. The SMILES string of the molecule is CCN(CC)CCN(C)[C@@H]1CCCC[C@H]1OC(=O)c1ccccc1. The van der Waals surface area contributed by atoms with E-state index in [9.17, 15) is 4.79 Å². The minimum atomic E-state index is -0.190. The highest BCUT2D eigenvalue weighted by atomic mass is 16.5. The largest absolute Gasteiger partial charge is 0.457 e. The van der Waals surface area contributed by atoms with E-state index in [-0.39, 0.29) is 12.1 Å². The molecule has 4 nitrogen and oxygen atoms in total. The zero-order valence-corrected chi connectivity index (χ0v) is 15.4. The lowest BCUT2D eigenvalue weighted by Gasteiger charge is -2.38. The van der Waals surface area contributed by atoms with E-state index in [2.05, 4.69) is 30.7 Å². The number of esters is 1. The summed E-state index contributed by atoms with van der Waals surface area (Å²) in [5, 5.41) is 0. The van der Waals surface area contributed by atoms with Gasteiger partial charge in [0.1, 0.15) is 6.10 Å². The zero-order valence-electron chi connectivity index (χ0n) is 15.4. The minimum Gasteiger partial charge on any atom is -0.457 e. The van der Waals surface area contributed by atoms with Crippen LogP contribution in [-0.2, 0) is 4.74 Å². The van der Waals surface area contributed by atoms with Crippen LogP contribution in [0, 0.1) is 0 Å². The van der Waals surface area contributed by atoms with Gasteiger partial charge in [0.25, 0.3) is 0 Å². The van der Waals surface area contributed by atoms with E-state index < -0.39 is 0 Å². The highest BCUT2D eigenvalue weighted by molar-refractivity contribution is 5.89. The lowest BCUT2D eigenvalue weighted by atomic mass is 9.91. The zero-order chi connectivity index (χ0) is 17.4. The Morgan fingerprint density at radius 3 is 2.42 bits per heavy atom. The van der Waals surface area contributed by atoms with Crippen molar-refractivity contribution in [2.45, 2.75) is 51.7 Å².